The van der Waals surface area contributed by atoms with Gasteiger partial charge in [0.2, 0.25) is 15.9 Å². The summed E-state index contributed by atoms with van der Waals surface area (Å²) in [6.07, 6.45) is 4.12. The minimum atomic E-state index is -3.47. The fourth-order valence-electron chi connectivity index (χ4n) is 2.75. The third kappa shape index (κ3) is 6.04. The molecule has 1 amide bonds. The first-order valence-electron chi connectivity index (χ1n) is 9.49. The maximum Gasteiger partial charge on any atom is 0.247 e. The summed E-state index contributed by atoms with van der Waals surface area (Å²) in [5, 5.41) is 0. The van der Waals surface area contributed by atoms with Crippen LogP contribution in [0, 0.1) is 0 Å². The van der Waals surface area contributed by atoms with Gasteiger partial charge in [-0.2, -0.15) is 0 Å². The van der Waals surface area contributed by atoms with Crippen molar-refractivity contribution >= 4 is 22.0 Å². The topological polar surface area (TPSA) is 66.5 Å². The summed E-state index contributed by atoms with van der Waals surface area (Å²) in [7, 11) is -3.47. The van der Waals surface area contributed by atoms with Crippen LogP contribution in [0.15, 0.2) is 65.6 Å². The molecule has 5 nitrogen and oxygen atoms in total. The monoisotopic (exact) mass is 400 g/mol. The second kappa shape index (κ2) is 10.2. The number of benzene rings is 2. The molecule has 0 fully saturated rings. The van der Waals surface area contributed by atoms with Gasteiger partial charge in [-0.15, -0.1) is 0 Å². The van der Waals surface area contributed by atoms with E-state index in [2.05, 4.69) is 11.6 Å². The van der Waals surface area contributed by atoms with Crippen molar-refractivity contribution in [3.05, 3.63) is 71.8 Å². The lowest BCUT2D eigenvalue weighted by atomic mass is 10.1. The van der Waals surface area contributed by atoms with Crippen molar-refractivity contribution in [2.75, 3.05) is 6.54 Å². The summed E-state index contributed by atoms with van der Waals surface area (Å²) in [5.74, 6) is -0.0671. The summed E-state index contributed by atoms with van der Waals surface area (Å²) in [6, 6.07) is 16.5. The number of sulfonamides is 1. The lowest BCUT2D eigenvalue weighted by Gasteiger charge is -2.27. The van der Waals surface area contributed by atoms with Gasteiger partial charge in [-0.05, 0) is 42.7 Å². The van der Waals surface area contributed by atoms with E-state index in [0.717, 1.165) is 17.5 Å². The van der Waals surface area contributed by atoms with Gasteiger partial charge < -0.3 is 4.90 Å². The van der Waals surface area contributed by atoms with Crippen molar-refractivity contribution in [3.63, 3.8) is 0 Å². The van der Waals surface area contributed by atoms with Crippen LogP contribution in [-0.4, -0.2) is 31.8 Å². The first-order valence-corrected chi connectivity index (χ1v) is 11.0. The second-order valence-corrected chi connectivity index (χ2v) is 8.38. The molecule has 0 aliphatic heterocycles. The van der Waals surface area contributed by atoms with Crippen molar-refractivity contribution in [1.82, 2.24) is 9.62 Å². The smallest absolute Gasteiger partial charge is 0.247 e. The Morgan fingerprint density at radius 1 is 1.07 bits per heavy atom. The molecule has 1 N–H and O–H groups in total. The molecule has 2 aromatic rings. The number of carbonyl (C=O) groups is 1. The van der Waals surface area contributed by atoms with Gasteiger partial charge in [0.05, 0.1) is 4.90 Å². The third-order valence-electron chi connectivity index (χ3n) is 4.54. The molecule has 0 aromatic heterocycles. The Balaban J connectivity index is 2.12. The van der Waals surface area contributed by atoms with Gasteiger partial charge in [0.25, 0.3) is 0 Å². The summed E-state index contributed by atoms with van der Waals surface area (Å²) >= 11 is 0. The summed E-state index contributed by atoms with van der Waals surface area (Å²) < 4.78 is 26.4. The Kier molecular flexibility index (Phi) is 7.96. The van der Waals surface area contributed by atoms with Gasteiger partial charge in [0, 0.05) is 25.2 Å². The number of hydrogen-bond acceptors (Lipinski definition) is 3. The fourth-order valence-corrected chi connectivity index (χ4v) is 3.79. The van der Waals surface area contributed by atoms with E-state index in [0.29, 0.717) is 13.1 Å². The minimum Gasteiger partial charge on any atom is -0.332 e. The Hall–Kier alpha value is -2.44. The first kappa shape index (κ1) is 21.9. The fraction of sp³-hybridized carbons (Fsp3) is 0.318. The summed E-state index contributed by atoms with van der Waals surface area (Å²) in [4.78, 5) is 14.8. The van der Waals surface area contributed by atoms with Crippen LogP contribution in [0.3, 0.4) is 0 Å². The molecule has 2 aromatic carbocycles. The van der Waals surface area contributed by atoms with E-state index in [9.17, 15) is 13.2 Å². The number of amides is 1. The zero-order chi connectivity index (χ0) is 20.6. The van der Waals surface area contributed by atoms with Crippen molar-refractivity contribution in [2.24, 2.45) is 0 Å². The highest BCUT2D eigenvalue weighted by Gasteiger charge is 2.17. The molecule has 0 aliphatic carbocycles. The van der Waals surface area contributed by atoms with Gasteiger partial charge >= 0.3 is 0 Å². The van der Waals surface area contributed by atoms with Crippen molar-refractivity contribution < 1.29 is 13.2 Å². The highest BCUT2D eigenvalue weighted by molar-refractivity contribution is 7.89. The molecule has 28 heavy (non-hydrogen) atoms. The van der Waals surface area contributed by atoms with E-state index < -0.39 is 10.0 Å². The molecule has 0 saturated carbocycles. The average Bonchev–Trinajstić information content (AvgIpc) is 2.70. The van der Waals surface area contributed by atoms with Crippen molar-refractivity contribution in [1.29, 1.82) is 0 Å². The second-order valence-electron chi connectivity index (χ2n) is 6.61. The number of carbonyl (C=O) groups excluding carboxylic acids is 1. The first-order chi connectivity index (χ1) is 13.4. The van der Waals surface area contributed by atoms with Crippen LogP contribution in [-0.2, 0) is 21.4 Å². The highest BCUT2D eigenvalue weighted by atomic mass is 32.2. The Labute approximate surface area is 168 Å². The summed E-state index contributed by atoms with van der Waals surface area (Å²) in [6.45, 7) is 6.72. The highest BCUT2D eigenvalue weighted by Crippen LogP contribution is 2.14. The largest absolute Gasteiger partial charge is 0.332 e. The van der Waals surface area contributed by atoms with Gasteiger partial charge in [-0.3, -0.25) is 4.79 Å². The lowest BCUT2D eigenvalue weighted by Crippen LogP contribution is -2.36. The van der Waals surface area contributed by atoms with Crippen LogP contribution in [0.2, 0.25) is 0 Å². The third-order valence-corrected chi connectivity index (χ3v) is 6.11. The molecule has 0 aliphatic rings. The molecule has 2 rings (SSSR count). The van der Waals surface area contributed by atoms with E-state index in [-0.39, 0.29) is 16.8 Å². The normalized spacial score (nSPS) is 12.8. The van der Waals surface area contributed by atoms with Crippen LogP contribution in [0.1, 0.15) is 38.3 Å². The van der Waals surface area contributed by atoms with Crippen LogP contribution < -0.4 is 4.72 Å². The predicted molar refractivity (Wildman–Crippen MR) is 113 cm³/mol. The van der Waals surface area contributed by atoms with Crippen LogP contribution in [0.25, 0.3) is 6.08 Å². The quantitative estimate of drug-likeness (QED) is 0.651. The molecule has 1 unspecified atom stereocenters. The molecule has 0 radical (unpaired) electrons. The molecule has 6 heteroatoms. The zero-order valence-electron chi connectivity index (χ0n) is 16.6. The van der Waals surface area contributed by atoms with Gasteiger partial charge in [-0.1, -0.05) is 56.3 Å². The number of rotatable bonds is 9. The molecule has 150 valence electrons. The Morgan fingerprint density at radius 3 is 2.29 bits per heavy atom. The molecular weight excluding hydrogens is 372 g/mol. The van der Waals surface area contributed by atoms with Crippen LogP contribution in [0.4, 0.5) is 0 Å². The van der Waals surface area contributed by atoms with E-state index in [4.69, 9.17) is 0 Å². The van der Waals surface area contributed by atoms with E-state index >= 15 is 0 Å². The van der Waals surface area contributed by atoms with Gasteiger partial charge in [0.15, 0.2) is 0 Å². The number of nitrogens with zero attached hydrogens (tertiary/aromatic N) is 1. The Morgan fingerprint density at radius 2 is 1.71 bits per heavy atom. The summed E-state index contributed by atoms with van der Waals surface area (Å²) in [5.41, 5.74) is 1.86. The molecule has 0 saturated heterocycles. The minimum absolute atomic E-state index is 0.0671. The van der Waals surface area contributed by atoms with Gasteiger partial charge in [0.1, 0.15) is 0 Å². The lowest BCUT2D eigenvalue weighted by molar-refractivity contribution is -0.128. The average molecular weight is 401 g/mol. The maximum absolute atomic E-state index is 12.8. The SMILES string of the molecule is CCNS(=O)(=O)c1ccc(/C=C/C(=O)N(Cc2ccccc2)C(C)CC)cc1. The maximum atomic E-state index is 12.8. The molecule has 0 spiro atoms. The zero-order valence-corrected chi connectivity index (χ0v) is 17.4. The van der Waals surface area contributed by atoms with E-state index in [1.165, 1.54) is 0 Å². The standard InChI is InChI=1S/C22H28N2O3S/c1-4-18(3)24(17-20-9-7-6-8-10-20)22(25)16-13-19-11-14-21(15-12-19)28(26,27)23-5-2/h6-16,18,23H,4-5,17H2,1-3H3/b16-13+. The predicted octanol–water partition coefficient (Wildman–Crippen LogP) is 3.83. The van der Waals surface area contributed by atoms with E-state index in [1.54, 1.807) is 43.3 Å². The number of hydrogen-bond donors (Lipinski definition) is 1. The molecule has 0 heterocycles. The molecule has 1 atom stereocenters. The van der Waals surface area contributed by atoms with E-state index in [1.807, 2.05) is 42.2 Å². The molecule has 0 bridgehead atoms. The molecular formula is C22H28N2O3S. The van der Waals surface area contributed by atoms with Crippen molar-refractivity contribution in [3.8, 4) is 0 Å². The van der Waals surface area contributed by atoms with Crippen molar-refractivity contribution in [2.45, 2.75) is 44.7 Å². The van der Waals surface area contributed by atoms with Crippen LogP contribution in [0.5, 0.6) is 0 Å². The number of nitrogens with one attached hydrogen (secondary N) is 1. The van der Waals surface area contributed by atoms with Crippen LogP contribution >= 0.6 is 0 Å². The Bertz CT molecular complexity index is 891. The van der Waals surface area contributed by atoms with Gasteiger partial charge in [-0.25, -0.2) is 13.1 Å².